The number of nitrogens with one attached hydrogen (secondary N) is 1. The highest BCUT2D eigenvalue weighted by Crippen LogP contribution is 2.22. The van der Waals surface area contributed by atoms with Gasteiger partial charge in [-0.3, -0.25) is 0 Å². The Bertz CT molecular complexity index is 568. The predicted molar refractivity (Wildman–Crippen MR) is 77.8 cm³/mol. The van der Waals surface area contributed by atoms with Crippen LogP contribution in [0, 0.1) is 12.7 Å². The molecule has 1 N–H and O–H groups in total. The molecule has 0 amide bonds. The molecule has 2 rings (SSSR count). The zero-order valence-corrected chi connectivity index (χ0v) is 11.8. The number of halogens is 2. The molecule has 0 saturated heterocycles. The lowest BCUT2D eigenvalue weighted by Crippen LogP contribution is -2.19. The Hall–Kier alpha value is -1.38. The van der Waals surface area contributed by atoms with Crippen molar-refractivity contribution in [2.24, 2.45) is 0 Å². The van der Waals surface area contributed by atoms with Gasteiger partial charge in [0.15, 0.2) is 0 Å². The van der Waals surface area contributed by atoms with Gasteiger partial charge < -0.3 is 5.32 Å². The zero-order valence-electron chi connectivity index (χ0n) is 11.1. The van der Waals surface area contributed by atoms with Gasteiger partial charge in [0.25, 0.3) is 0 Å². The van der Waals surface area contributed by atoms with Crippen molar-refractivity contribution in [2.75, 3.05) is 0 Å². The summed E-state index contributed by atoms with van der Waals surface area (Å²) in [4.78, 5) is 0. The van der Waals surface area contributed by atoms with Gasteiger partial charge in [-0.1, -0.05) is 35.9 Å². The van der Waals surface area contributed by atoms with E-state index in [9.17, 15) is 4.39 Å². The number of benzene rings is 2. The van der Waals surface area contributed by atoms with E-state index < -0.39 is 0 Å². The van der Waals surface area contributed by atoms with E-state index in [0.29, 0.717) is 6.54 Å². The SMILES string of the molecule is Cc1cc(F)ccc1CN[C@@H](C)c1ccccc1Cl. The molecule has 2 aromatic rings. The first-order valence-corrected chi connectivity index (χ1v) is 6.68. The summed E-state index contributed by atoms with van der Waals surface area (Å²) in [7, 11) is 0. The van der Waals surface area contributed by atoms with Gasteiger partial charge in [-0.25, -0.2) is 4.39 Å². The maximum atomic E-state index is 13.0. The van der Waals surface area contributed by atoms with Gasteiger partial charge in [-0.15, -0.1) is 0 Å². The minimum atomic E-state index is -0.194. The molecule has 0 saturated carbocycles. The van der Waals surface area contributed by atoms with Crippen LogP contribution >= 0.6 is 11.6 Å². The lowest BCUT2D eigenvalue weighted by Gasteiger charge is -2.16. The van der Waals surface area contributed by atoms with Gasteiger partial charge in [-0.05, 0) is 48.7 Å². The molecule has 0 radical (unpaired) electrons. The molecule has 100 valence electrons. The van der Waals surface area contributed by atoms with Crippen LogP contribution in [0.15, 0.2) is 42.5 Å². The summed E-state index contributed by atoms with van der Waals surface area (Å²) in [5.74, 6) is -0.194. The van der Waals surface area contributed by atoms with Crippen LogP contribution in [0.5, 0.6) is 0 Å². The quantitative estimate of drug-likeness (QED) is 0.858. The van der Waals surface area contributed by atoms with Crippen molar-refractivity contribution in [3.63, 3.8) is 0 Å². The van der Waals surface area contributed by atoms with Crippen LogP contribution in [-0.2, 0) is 6.54 Å². The molecule has 2 aromatic carbocycles. The highest BCUT2D eigenvalue weighted by molar-refractivity contribution is 6.31. The molecule has 0 aliphatic heterocycles. The maximum Gasteiger partial charge on any atom is 0.123 e. The fraction of sp³-hybridized carbons (Fsp3) is 0.250. The topological polar surface area (TPSA) is 12.0 Å². The number of aryl methyl sites for hydroxylation is 1. The van der Waals surface area contributed by atoms with Gasteiger partial charge in [0.05, 0.1) is 0 Å². The van der Waals surface area contributed by atoms with Gasteiger partial charge in [0, 0.05) is 17.6 Å². The summed E-state index contributed by atoms with van der Waals surface area (Å²) >= 11 is 6.16. The molecular formula is C16H17ClFN. The molecule has 1 atom stereocenters. The fourth-order valence-electron chi connectivity index (χ4n) is 2.06. The van der Waals surface area contributed by atoms with Crippen molar-refractivity contribution in [3.8, 4) is 0 Å². The zero-order chi connectivity index (χ0) is 13.8. The molecule has 0 fully saturated rings. The molecule has 0 unspecified atom stereocenters. The summed E-state index contributed by atoms with van der Waals surface area (Å²) in [5.41, 5.74) is 3.13. The number of hydrogen-bond donors (Lipinski definition) is 1. The molecule has 0 aromatic heterocycles. The van der Waals surface area contributed by atoms with Crippen molar-refractivity contribution in [1.29, 1.82) is 0 Å². The van der Waals surface area contributed by atoms with Crippen LogP contribution in [0.25, 0.3) is 0 Å². The molecule has 1 nitrogen and oxygen atoms in total. The van der Waals surface area contributed by atoms with Gasteiger partial charge in [0.2, 0.25) is 0 Å². The summed E-state index contributed by atoms with van der Waals surface area (Å²) in [6, 6.07) is 12.8. The largest absolute Gasteiger partial charge is 0.306 e. The third kappa shape index (κ3) is 3.55. The lowest BCUT2D eigenvalue weighted by molar-refractivity contribution is 0.571. The van der Waals surface area contributed by atoms with Crippen molar-refractivity contribution in [1.82, 2.24) is 5.32 Å². The minimum absolute atomic E-state index is 0.151. The van der Waals surface area contributed by atoms with Crippen LogP contribution in [0.4, 0.5) is 4.39 Å². The Kier molecular flexibility index (Phi) is 4.56. The van der Waals surface area contributed by atoms with E-state index in [1.165, 1.54) is 6.07 Å². The summed E-state index contributed by atoms with van der Waals surface area (Å²) in [6.07, 6.45) is 0. The summed E-state index contributed by atoms with van der Waals surface area (Å²) in [5, 5.41) is 4.17. The third-order valence-corrected chi connectivity index (χ3v) is 3.62. The molecule has 0 bridgehead atoms. The smallest absolute Gasteiger partial charge is 0.123 e. The number of rotatable bonds is 4. The van der Waals surface area contributed by atoms with Crippen LogP contribution in [0.2, 0.25) is 5.02 Å². The monoisotopic (exact) mass is 277 g/mol. The molecule has 0 heterocycles. The third-order valence-electron chi connectivity index (χ3n) is 3.28. The Labute approximate surface area is 118 Å². The Balaban J connectivity index is 2.04. The van der Waals surface area contributed by atoms with Crippen LogP contribution < -0.4 is 5.32 Å². The van der Waals surface area contributed by atoms with Crippen molar-refractivity contribution >= 4 is 11.6 Å². The Morgan fingerprint density at radius 1 is 1.21 bits per heavy atom. The van der Waals surface area contributed by atoms with Crippen molar-refractivity contribution < 1.29 is 4.39 Å². The summed E-state index contributed by atoms with van der Waals surface area (Å²) in [6.45, 7) is 4.68. The van der Waals surface area contributed by atoms with E-state index in [2.05, 4.69) is 12.2 Å². The standard InChI is InChI=1S/C16H17ClFN/c1-11-9-14(18)8-7-13(11)10-19-12(2)15-5-3-4-6-16(15)17/h3-9,12,19H,10H2,1-2H3/t12-/m0/s1. The van der Waals surface area contributed by atoms with Crippen molar-refractivity contribution in [2.45, 2.75) is 26.4 Å². The first-order chi connectivity index (χ1) is 9.08. The van der Waals surface area contributed by atoms with E-state index in [0.717, 1.165) is 21.7 Å². The van der Waals surface area contributed by atoms with Crippen molar-refractivity contribution in [3.05, 3.63) is 70.0 Å². The van der Waals surface area contributed by atoms with E-state index in [1.54, 1.807) is 6.07 Å². The average Bonchev–Trinajstić information content (AvgIpc) is 2.38. The predicted octanol–water partition coefficient (Wildman–Crippen LogP) is 4.64. The molecule has 0 aliphatic carbocycles. The van der Waals surface area contributed by atoms with Crippen LogP contribution in [0.3, 0.4) is 0 Å². The second kappa shape index (κ2) is 6.18. The minimum Gasteiger partial charge on any atom is -0.306 e. The molecule has 0 aliphatic rings. The second-order valence-corrected chi connectivity index (χ2v) is 5.10. The van der Waals surface area contributed by atoms with E-state index in [-0.39, 0.29) is 11.9 Å². The highest BCUT2D eigenvalue weighted by atomic mass is 35.5. The molecule has 3 heteroatoms. The van der Waals surface area contributed by atoms with Gasteiger partial charge in [-0.2, -0.15) is 0 Å². The first-order valence-electron chi connectivity index (χ1n) is 6.31. The van der Waals surface area contributed by atoms with Crippen LogP contribution in [-0.4, -0.2) is 0 Å². The van der Waals surface area contributed by atoms with Gasteiger partial charge in [0.1, 0.15) is 5.82 Å². The maximum absolute atomic E-state index is 13.0. The molecular weight excluding hydrogens is 261 g/mol. The molecule has 0 spiro atoms. The average molecular weight is 278 g/mol. The fourth-order valence-corrected chi connectivity index (χ4v) is 2.36. The van der Waals surface area contributed by atoms with Crippen LogP contribution in [0.1, 0.15) is 29.7 Å². The number of hydrogen-bond acceptors (Lipinski definition) is 1. The first kappa shape index (κ1) is 14.0. The summed E-state index contributed by atoms with van der Waals surface area (Å²) < 4.78 is 13.0. The highest BCUT2D eigenvalue weighted by Gasteiger charge is 2.09. The lowest BCUT2D eigenvalue weighted by atomic mass is 10.1. The normalized spacial score (nSPS) is 12.4. The van der Waals surface area contributed by atoms with E-state index >= 15 is 0 Å². The Morgan fingerprint density at radius 3 is 2.63 bits per heavy atom. The Morgan fingerprint density at radius 2 is 1.95 bits per heavy atom. The second-order valence-electron chi connectivity index (χ2n) is 4.69. The molecule has 19 heavy (non-hydrogen) atoms. The van der Waals surface area contributed by atoms with Gasteiger partial charge >= 0.3 is 0 Å². The van der Waals surface area contributed by atoms with E-state index in [4.69, 9.17) is 11.6 Å². The van der Waals surface area contributed by atoms with E-state index in [1.807, 2.05) is 37.3 Å².